The molecule has 3 fully saturated rings. The summed E-state index contributed by atoms with van der Waals surface area (Å²) in [7, 11) is 3.33. The highest BCUT2D eigenvalue weighted by Gasteiger charge is 2.46. The highest BCUT2D eigenvalue weighted by atomic mass is 32.1. The molecule has 7 heterocycles. The zero-order valence-corrected chi connectivity index (χ0v) is 34.9. The number of aryl methyl sites for hydroxylation is 1. The summed E-state index contributed by atoms with van der Waals surface area (Å²) >= 11 is 1.24. The standard InChI is InChI=1S/C44H47FN10O5S/c1-51(2)43(60)34-22-32-30(21-31(38(45)39(32)47-34)28-5-3-16-53(23-28)37(57)12-18-55-17-4-15-46-55)27-6-8-29(9-7-27)52-19-13-44(14-20-52)25-54(26-44)35-24-61-42(49-35)41(59)48-33-10-11-36(56)50-40(33)58/h4-9,15,17,21-22,24,33,47H,3,10-14,16,18-20,23,25-26H2,1-2H3,(H,48,59)(H,50,56,58). The number of carbonyl (C=O) groups excluding carboxylic acids is 5. The lowest BCUT2D eigenvalue weighted by atomic mass is 9.72. The molecule has 5 amide bonds. The molecule has 4 aliphatic rings. The first-order valence-corrected chi connectivity index (χ1v) is 21.5. The molecular formula is C44H47FN10O5S. The smallest absolute Gasteiger partial charge is 0.280 e. The Balaban J connectivity index is 0.870. The molecule has 1 unspecified atom stereocenters. The molecular weight excluding hydrogens is 800 g/mol. The van der Waals surface area contributed by atoms with Crippen molar-refractivity contribution in [3.8, 4) is 11.1 Å². The number of anilines is 2. The van der Waals surface area contributed by atoms with Gasteiger partial charge in [-0.25, -0.2) is 9.37 Å². The minimum absolute atomic E-state index is 0.0141. The largest absolute Gasteiger partial charge is 0.371 e. The van der Waals surface area contributed by atoms with Gasteiger partial charge in [0.1, 0.15) is 17.6 Å². The molecule has 1 spiro atoms. The van der Waals surface area contributed by atoms with E-state index in [2.05, 4.69) is 59.8 Å². The zero-order chi connectivity index (χ0) is 42.4. The number of halogens is 1. The number of nitrogens with one attached hydrogen (secondary N) is 3. The van der Waals surface area contributed by atoms with Crippen LogP contribution in [0.25, 0.3) is 27.6 Å². The molecule has 1 atom stereocenters. The van der Waals surface area contributed by atoms with Crippen molar-refractivity contribution in [2.75, 3.05) is 63.2 Å². The summed E-state index contributed by atoms with van der Waals surface area (Å²) in [4.78, 5) is 78.2. The number of hydrogen-bond donors (Lipinski definition) is 3. The van der Waals surface area contributed by atoms with Gasteiger partial charge in [0.05, 0.1) is 5.52 Å². The van der Waals surface area contributed by atoms with Gasteiger partial charge in [0.25, 0.3) is 11.8 Å². The van der Waals surface area contributed by atoms with Gasteiger partial charge in [-0.05, 0) is 72.7 Å². The number of rotatable bonds is 10. The van der Waals surface area contributed by atoms with E-state index in [4.69, 9.17) is 0 Å². The monoisotopic (exact) mass is 846 g/mol. The number of carbonyl (C=O) groups is 5. The van der Waals surface area contributed by atoms with E-state index in [0.29, 0.717) is 42.6 Å². The summed E-state index contributed by atoms with van der Waals surface area (Å²) in [5, 5.41) is 11.9. The van der Waals surface area contributed by atoms with Gasteiger partial charge in [0.15, 0.2) is 10.8 Å². The number of thiazole rings is 1. The van der Waals surface area contributed by atoms with Crippen LogP contribution in [0.5, 0.6) is 0 Å². The van der Waals surface area contributed by atoms with E-state index in [1.54, 1.807) is 35.9 Å². The molecule has 316 valence electrons. The van der Waals surface area contributed by atoms with Crippen molar-refractivity contribution < 1.29 is 28.4 Å². The third-order valence-corrected chi connectivity index (χ3v) is 13.3. The fourth-order valence-corrected chi connectivity index (χ4v) is 9.67. The van der Waals surface area contributed by atoms with Crippen molar-refractivity contribution in [1.82, 2.24) is 40.2 Å². The molecule has 0 bridgehead atoms. The van der Waals surface area contributed by atoms with Crippen molar-refractivity contribution in [3.63, 3.8) is 0 Å². The van der Waals surface area contributed by atoms with Gasteiger partial charge in [-0.15, -0.1) is 11.3 Å². The molecule has 3 N–H and O–H groups in total. The first-order chi connectivity index (χ1) is 29.4. The topological polar surface area (TPSA) is 169 Å². The minimum atomic E-state index is -0.745. The highest BCUT2D eigenvalue weighted by molar-refractivity contribution is 7.12. The van der Waals surface area contributed by atoms with Crippen LogP contribution in [0.1, 0.15) is 64.4 Å². The van der Waals surface area contributed by atoms with E-state index >= 15 is 4.39 Å². The molecule has 3 saturated heterocycles. The molecule has 5 aromatic rings. The third kappa shape index (κ3) is 8.01. The van der Waals surface area contributed by atoms with Crippen LogP contribution in [0.15, 0.2) is 66.3 Å². The molecule has 2 aromatic carbocycles. The van der Waals surface area contributed by atoms with Crippen LogP contribution in [0, 0.1) is 11.2 Å². The van der Waals surface area contributed by atoms with Crippen molar-refractivity contribution in [2.45, 2.75) is 51.1 Å². The Morgan fingerprint density at radius 3 is 2.54 bits per heavy atom. The summed E-state index contributed by atoms with van der Waals surface area (Å²) < 4.78 is 18.3. The minimum Gasteiger partial charge on any atom is -0.371 e. The molecule has 15 nitrogen and oxygen atoms in total. The fourth-order valence-electron chi connectivity index (χ4n) is 8.94. The second-order valence-electron chi connectivity index (χ2n) is 16.7. The van der Waals surface area contributed by atoms with E-state index < -0.39 is 23.7 Å². The average molecular weight is 847 g/mol. The van der Waals surface area contributed by atoms with Gasteiger partial charge in [-0.3, -0.25) is 34.0 Å². The lowest BCUT2D eigenvalue weighted by Crippen LogP contribution is -2.60. The van der Waals surface area contributed by atoms with Crippen LogP contribution in [0.4, 0.5) is 15.9 Å². The predicted molar refractivity (Wildman–Crippen MR) is 230 cm³/mol. The molecule has 0 saturated carbocycles. The van der Waals surface area contributed by atoms with Gasteiger partial charge < -0.3 is 29.9 Å². The molecule has 0 radical (unpaired) electrons. The van der Waals surface area contributed by atoms with Crippen LogP contribution in [0.3, 0.4) is 0 Å². The molecule has 9 rings (SSSR count). The maximum Gasteiger partial charge on any atom is 0.280 e. The maximum atomic E-state index is 16.6. The van der Waals surface area contributed by atoms with Crippen molar-refractivity contribution in [1.29, 1.82) is 0 Å². The number of amides is 5. The van der Waals surface area contributed by atoms with Gasteiger partial charge in [-0.2, -0.15) is 5.10 Å². The van der Waals surface area contributed by atoms with Crippen molar-refractivity contribution in [2.24, 2.45) is 5.41 Å². The number of hydrogen-bond acceptors (Lipinski definition) is 10. The Hall–Kier alpha value is -6.36. The predicted octanol–water partition coefficient (Wildman–Crippen LogP) is 4.68. The van der Waals surface area contributed by atoms with Crippen LogP contribution in [-0.2, 0) is 20.9 Å². The summed E-state index contributed by atoms with van der Waals surface area (Å²) in [5.74, 6) is -1.20. The second kappa shape index (κ2) is 16.2. The van der Waals surface area contributed by atoms with Gasteiger partial charge >= 0.3 is 0 Å². The molecule has 4 aliphatic heterocycles. The van der Waals surface area contributed by atoms with E-state index in [1.165, 1.54) is 16.2 Å². The highest BCUT2D eigenvalue weighted by Crippen LogP contribution is 2.44. The number of benzene rings is 2. The van der Waals surface area contributed by atoms with E-state index in [1.807, 2.05) is 29.8 Å². The quantitative estimate of drug-likeness (QED) is 0.169. The second-order valence-corrected chi connectivity index (χ2v) is 17.5. The SMILES string of the molecule is CN(C)C(=O)c1cc2c(-c3ccc(N4CCC5(CC4)CN(c4csc(C(=O)NC6CCC(=O)NC6=O)n4)C5)cc3)cc(C3=CCCN(C(=O)CCn4cccn4)C3)c(F)c2[nH]1. The Kier molecular flexibility index (Phi) is 10.7. The first kappa shape index (κ1) is 40.1. The normalized spacial score (nSPS) is 18.8. The number of piperidine rings is 2. The summed E-state index contributed by atoms with van der Waals surface area (Å²) in [5.41, 5.74) is 4.62. The van der Waals surface area contributed by atoms with Crippen LogP contribution < -0.4 is 20.4 Å². The lowest BCUT2D eigenvalue weighted by molar-refractivity contribution is -0.134. The third-order valence-electron chi connectivity index (χ3n) is 12.4. The van der Waals surface area contributed by atoms with Crippen LogP contribution in [-0.4, -0.2) is 118 Å². The van der Waals surface area contributed by atoms with Crippen molar-refractivity contribution in [3.05, 3.63) is 88.4 Å². The molecule has 61 heavy (non-hydrogen) atoms. The number of H-pyrrole nitrogens is 1. The first-order valence-electron chi connectivity index (χ1n) is 20.7. The van der Waals surface area contributed by atoms with E-state index in [-0.39, 0.29) is 53.0 Å². The number of aromatic nitrogens is 4. The van der Waals surface area contributed by atoms with Crippen LogP contribution in [0.2, 0.25) is 0 Å². The Morgan fingerprint density at radius 2 is 1.82 bits per heavy atom. The van der Waals surface area contributed by atoms with Gasteiger partial charge in [0, 0.05) is 113 Å². The van der Waals surface area contributed by atoms with Gasteiger partial charge in [0.2, 0.25) is 17.7 Å². The lowest BCUT2D eigenvalue weighted by Gasteiger charge is -2.54. The Bertz CT molecular complexity index is 2550. The van der Waals surface area contributed by atoms with E-state index in [0.717, 1.165) is 67.2 Å². The number of nitrogens with zero attached hydrogens (tertiary/aromatic N) is 7. The summed E-state index contributed by atoms with van der Waals surface area (Å²) in [6.45, 7) is 4.78. The summed E-state index contributed by atoms with van der Waals surface area (Å²) in [6.07, 6.45) is 8.89. The molecule has 0 aliphatic carbocycles. The molecule has 17 heteroatoms. The van der Waals surface area contributed by atoms with Crippen molar-refractivity contribution >= 4 is 68.9 Å². The molecule has 3 aromatic heterocycles. The number of aromatic amines is 1. The van der Waals surface area contributed by atoms with Gasteiger partial charge in [-0.1, -0.05) is 18.2 Å². The number of fused-ring (bicyclic) bond motifs is 1. The maximum absolute atomic E-state index is 16.6. The zero-order valence-electron chi connectivity index (χ0n) is 34.1. The fraction of sp³-hybridized carbons (Fsp3) is 0.386. The Labute approximate surface area is 355 Å². The van der Waals surface area contributed by atoms with Crippen LogP contribution >= 0.6 is 11.3 Å². The summed E-state index contributed by atoms with van der Waals surface area (Å²) in [6, 6.07) is 13.0. The average Bonchev–Trinajstić information content (AvgIpc) is 4.06. The van der Waals surface area contributed by atoms with E-state index in [9.17, 15) is 24.0 Å². The Morgan fingerprint density at radius 1 is 1.03 bits per heavy atom. The number of imide groups is 1.